The number of benzene rings is 1. The summed E-state index contributed by atoms with van der Waals surface area (Å²) in [5.74, 6) is 2.38. The smallest absolute Gasteiger partial charge is 0.313 e. The number of rotatable bonds is 2. The minimum atomic E-state index is -0.569. The molecule has 0 bridgehead atoms. The number of halogens is 1. The number of amidine groups is 1. The van der Waals surface area contributed by atoms with Gasteiger partial charge in [-0.05, 0) is 25.0 Å². The van der Waals surface area contributed by atoms with Crippen LogP contribution in [0.4, 0.5) is 16.2 Å². The summed E-state index contributed by atoms with van der Waals surface area (Å²) >= 11 is 0. The molecule has 0 atom stereocenters. The van der Waals surface area contributed by atoms with E-state index in [1.54, 1.807) is 10.0 Å². The molecule has 9 heteroatoms. The predicted octanol–water partition coefficient (Wildman–Crippen LogP) is 3.01. The molecule has 4 heterocycles. The molecule has 0 unspecified atom stereocenters. The molecule has 1 fully saturated rings. The van der Waals surface area contributed by atoms with Crippen molar-refractivity contribution in [3.05, 3.63) is 47.9 Å². The fraction of sp³-hybridized carbons (Fsp3) is 0.333. The average molecular weight is 365 g/mol. The summed E-state index contributed by atoms with van der Waals surface area (Å²) in [5, 5.41) is 7.75. The van der Waals surface area contributed by atoms with Crippen molar-refractivity contribution < 1.29 is 8.91 Å². The van der Waals surface area contributed by atoms with Gasteiger partial charge in [-0.15, -0.1) is 0 Å². The first-order valence-corrected chi connectivity index (χ1v) is 9.10. The molecule has 1 saturated carbocycles. The van der Waals surface area contributed by atoms with Crippen LogP contribution in [0.5, 0.6) is 0 Å². The van der Waals surface area contributed by atoms with Gasteiger partial charge in [0.25, 0.3) is 6.08 Å². The highest BCUT2D eigenvalue weighted by Gasteiger charge is 2.40. The molecule has 0 N–H and O–H groups in total. The van der Waals surface area contributed by atoms with Gasteiger partial charge in [-0.1, -0.05) is 30.1 Å². The predicted molar refractivity (Wildman–Crippen MR) is 95.4 cm³/mol. The van der Waals surface area contributed by atoms with E-state index in [4.69, 9.17) is 4.52 Å². The Morgan fingerprint density at radius 1 is 1.15 bits per heavy atom. The lowest BCUT2D eigenvalue weighted by Crippen LogP contribution is -2.45. The van der Waals surface area contributed by atoms with Crippen molar-refractivity contribution in [2.45, 2.75) is 31.6 Å². The molecule has 0 radical (unpaired) electrons. The largest absolute Gasteiger partial charge is 0.345 e. The highest BCUT2D eigenvalue weighted by atomic mass is 19.1. The third-order valence-corrected chi connectivity index (χ3v) is 5.47. The number of hydrogen-bond acceptors (Lipinski definition) is 7. The van der Waals surface area contributed by atoms with Crippen molar-refractivity contribution in [1.29, 1.82) is 0 Å². The second-order valence-corrected chi connectivity index (χ2v) is 6.99. The van der Waals surface area contributed by atoms with Crippen molar-refractivity contribution in [3.8, 4) is 5.69 Å². The van der Waals surface area contributed by atoms with E-state index in [-0.39, 0.29) is 0 Å². The van der Waals surface area contributed by atoms with E-state index in [1.807, 2.05) is 24.3 Å². The van der Waals surface area contributed by atoms with Gasteiger partial charge in [0.15, 0.2) is 17.5 Å². The van der Waals surface area contributed by atoms with E-state index in [2.05, 4.69) is 20.1 Å². The molecule has 3 aromatic rings. The molecule has 0 amide bonds. The van der Waals surface area contributed by atoms with E-state index in [1.165, 1.54) is 23.6 Å². The van der Waals surface area contributed by atoms with Crippen molar-refractivity contribution >= 4 is 17.7 Å². The molecule has 8 nitrogen and oxygen atoms in total. The summed E-state index contributed by atoms with van der Waals surface area (Å²) < 4.78 is 21.4. The van der Waals surface area contributed by atoms with Crippen LogP contribution < -0.4 is 10.0 Å². The summed E-state index contributed by atoms with van der Waals surface area (Å²) in [7, 11) is 0. The number of para-hydroxylation sites is 1. The summed E-state index contributed by atoms with van der Waals surface area (Å²) in [6.07, 6.45) is 5.51. The van der Waals surface area contributed by atoms with Crippen molar-refractivity contribution in [1.82, 2.24) is 19.7 Å². The Morgan fingerprint density at radius 3 is 2.89 bits per heavy atom. The lowest BCUT2D eigenvalue weighted by atomic mass is 10.1. The number of hydrazine groups is 1. The quantitative estimate of drug-likeness (QED) is 0.695. The molecule has 27 heavy (non-hydrogen) atoms. The molecule has 0 saturated heterocycles. The molecule has 2 aliphatic heterocycles. The molecule has 1 aromatic carbocycles. The van der Waals surface area contributed by atoms with E-state index in [9.17, 15) is 4.39 Å². The van der Waals surface area contributed by atoms with Crippen molar-refractivity contribution in [2.75, 3.05) is 16.7 Å². The Morgan fingerprint density at radius 2 is 2.00 bits per heavy atom. The van der Waals surface area contributed by atoms with Gasteiger partial charge in [-0.25, -0.2) is 20.0 Å². The van der Waals surface area contributed by atoms with Gasteiger partial charge < -0.3 is 4.52 Å². The van der Waals surface area contributed by atoms with Gasteiger partial charge >= 0.3 is 6.01 Å². The Hall–Kier alpha value is -3.23. The number of aromatic nitrogens is 4. The Kier molecular flexibility index (Phi) is 2.97. The summed E-state index contributed by atoms with van der Waals surface area (Å²) in [6, 6.07) is 7.93. The molecular formula is C18H16FN7O. The van der Waals surface area contributed by atoms with Crippen LogP contribution in [-0.2, 0) is 0 Å². The maximum absolute atomic E-state index is 14.4. The highest BCUT2D eigenvalue weighted by Crippen LogP contribution is 2.38. The van der Waals surface area contributed by atoms with Gasteiger partial charge in [0.1, 0.15) is 6.67 Å². The second kappa shape index (κ2) is 5.38. The van der Waals surface area contributed by atoms with Gasteiger partial charge in [-0.2, -0.15) is 9.37 Å². The van der Waals surface area contributed by atoms with E-state index in [0.717, 1.165) is 35.8 Å². The average Bonchev–Trinajstić information content (AvgIpc) is 3.46. The molecule has 1 aliphatic carbocycles. The fourth-order valence-electron chi connectivity index (χ4n) is 4.19. The lowest BCUT2D eigenvalue weighted by Gasteiger charge is -2.32. The molecule has 2 aromatic heterocycles. The van der Waals surface area contributed by atoms with Crippen LogP contribution >= 0.6 is 0 Å². The van der Waals surface area contributed by atoms with Gasteiger partial charge in [0, 0.05) is 11.5 Å². The second-order valence-electron chi connectivity index (χ2n) is 6.99. The van der Waals surface area contributed by atoms with E-state index >= 15 is 0 Å². The first kappa shape index (κ1) is 14.9. The zero-order valence-electron chi connectivity index (χ0n) is 14.4. The Balaban J connectivity index is 1.44. The molecule has 0 spiro atoms. The number of nitrogens with zero attached hydrogens (tertiary/aromatic N) is 7. The normalized spacial score (nSPS) is 18.5. The number of anilines is 2. The van der Waals surface area contributed by atoms with Crippen LogP contribution in [-0.4, -0.2) is 32.2 Å². The van der Waals surface area contributed by atoms with Crippen LogP contribution in [0.15, 0.2) is 40.0 Å². The van der Waals surface area contributed by atoms with Crippen LogP contribution in [0.1, 0.15) is 43.0 Å². The van der Waals surface area contributed by atoms with Crippen molar-refractivity contribution in [2.24, 2.45) is 4.99 Å². The molecular weight excluding hydrogens is 349 g/mol. The summed E-state index contributed by atoms with van der Waals surface area (Å²) in [6.45, 7) is 0.322. The zero-order valence-corrected chi connectivity index (χ0v) is 14.4. The fourth-order valence-corrected chi connectivity index (χ4v) is 4.19. The third kappa shape index (κ3) is 2.02. The van der Waals surface area contributed by atoms with E-state index in [0.29, 0.717) is 24.4 Å². The number of fused-ring (bicyclic) bond motifs is 6. The standard InChI is InChI=1S/C18H16FN7O/c19-17-20-9-14-25(17)13-8-4-3-7-12(13)16-21-10-24(26(14)16)18-22-15(23-27-18)11-5-1-2-6-11/h3-4,7-9,11H,1-2,5-6,10H2. The SMILES string of the molecule is Fc1ncc2n1-c1ccccc1C1=NCN(c3nc(C4CCCC4)no3)N12. The van der Waals surface area contributed by atoms with Gasteiger partial charge in [0.2, 0.25) is 0 Å². The number of imidazole rings is 1. The first-order valence-electron chi connectivity index (χ1n) is 9.10. The summed E-state index contributed by atoms with van der Waals surface area (Å²) in [4.78, 5) is 13.1. The number of aliphatic imine (C=N–C) groups is 1. The maximum atomic E-state index is 14.4. The minimum Gasteiger partial charge on any atom is -0.313 e. The minimum absolute atomic E-state index is 0.322. The zero-order chi connectivity index (χ0) is 18.0. The number of hydrogen-bond donors (Lipinski definition) is 0. The first-order chi connectivity index (χ1) is 13.3. The molecule has 6 rings (SSSR count). The Bertz CT molecular complexity index is 1070. The van der Waals surface area contributed by atoms with Crippen LogP contribution in [0.25, 0.3) is 5.69 Å². The molecule has 3 aliphatic rings. The monoisotopic (exact) mass is 365 g/mol. The maximum Gasteiger partial charge on any atom is 0.345 e. The van der Waals surface area contributed by atoms with Gasteiger partial charge in [0.05, 0.1) is 11.9 Å². The summed E-state index contributed by atoms with van der Waals surface area (Å²) in [5.41, 5.74) is 1.55. The van der Waals surface area contributed by atoms with Crippen LogP contribution in [0.3, 0.4) is 0 Å². The topological polar surface area (TPSA) is 75.6 Å². The highest BCUT2D eigenvalue weighted by molar-refractivity contribution is 6.16. The lowest BCUT2D eigenvalue weighted by molar-refractivity contribution is 0.403. The third-order valence-electron chi connectivity index (χ3n) is 5.47. The van der Waals surface area contributed by atoms with Crippen molar-refractivity contribution in [3.63, 3.8) is 0 Å². The van der Waals surface area contributed by atoms with Crippen LogP contribution in [0.2, 0.25) is 0 Å². The van der Waals surface area contributed by atoms with E-state index < -0.39 is 6.08 Å². The van der Waals surface area contributed by atoms with Gasteiger partial charge in [-0.3, -0.25) is 4.57 Å². The Labute approximate surface area is 153 Å². The van der Waals surface area contributed by atoms with Crippen LogP contribution in [0, 0.1) is 6.08 Å². The molecule has 136 valence electrons.